The lowest BCUT2D eigenvalue weighted by Gasteiger charge is -2.10. The first-order valence-electron chi connectivity index (χ1n) is 9.83. The summed E-state index contributed by atoms with van der Waals surface area (Å²) in [6.45, 7) is 5.21. The number of anilines is 1. The molecular formula is C22H25N5O3S. The molecule has 0 saturated heterocycles. The minimum atomic E-state index is -0.297. The normalized spacial score (nSPS) is 10.9. The minimum Gasteiger partial charge on any atom is -0.493 e. The Morgan fingerprint density at radius 1 is 1.13 bits per heavy atom. The van der Waals surface area contributed by atoms with Crippen molar-refractivity contribution in [1.29, 1.82) is 0 Å². The van der Waals surface area contributed by atoms with Crippen molar-refractivity contribution >= 4 is 28.6 Å². The standard InChI is InChI=1S/C22H25N5O3S/c1-15-8-9-18(12-16(15)2)29-10-5-11-30-19-7-4-3-6-17(19)14-24-25-20(28)13-21-26-27-22(23)31-21/h3-4,6-9,12,14H,5,10-11,13H2,1-2H3,(H2,23,27)(H,25,28). The molecule has 0 radical (unpaired) electrons. The van der Waals surface area contributed by atoms with Crippen LogP contribution in [0.4, 0.5) is 5.13 Å². The number of para-hydroxylation sites is 1. The number of aryl methyl sites for hydroxylation is 2. The van der Waals surface area contributed by atoms with Crippen LogP contribution in [-0.4, -0.2) is 35.5 Å². The number of aromatic nitrogens is 2. The van der Waals surface area contributed by atoms with Gasteiger partial charge in [0.05, 0.1) is 25.8 Å². The van der Waals surface area contributed by atoms with Gasteiger partial charge in [-0.3, -0.25) is 4.79 Å². The molecule has 1 heterocycles. The highest BCUT2D eigenvalue weighted by Gasteiger charge is 2.07. The van der Waals surface area contributed by atoms with Gasteiger partial charge in [-0.1, -0.05) is 29.5 Å². The summed E-state index contributed by atoms with van der Waals surface area (Å²) in [5, 5.41) is 12.4. The Labute approximate surface area is 185 Å². The number of benzene rings is 2. The molecule has 0 spiro atoms. The van der Waals surface area contributed by atoms with E-state index in [9.17, 15) is 4.79 Å². The summed E-state index contributed by atoms with van der Waals surface area (Å²) >= 11 is 1.17. The number of carbonyl (C=O) groups excluding carboxylic acids is 1. The molecule has 0 bridgehead atoms. The van der Waals surface area contributed by atoms with Gasteiger partial charge < -0.3 is 15.2 Å². The van der Waals surface area contributed by atoms with Crippen LogP contribution in [0.15, 0.2) is 47.6 Å². The summed E-state index contributed by atoms with van der Waals surface area (Å²) in [6.07, 6.45) is 2.36. The first-order chi connectivity index (χ1) is 15.0. The van der Waals surface area contributed by atoms with Crippen molar-refractivity contribution in [2.75, 3.05) is 18.9 Å². The van der Waals surface area contributed by atoms with Crippen molar-refractivity contribution < 1.29 is 14.3 Å². The van der Waals surface area contributed by atoms with Gasteiger partial charge in [0, 0.05) is 12.0 Å². The number of rotatable bonds is 10. The Bertz CT molecular complexity index is 1050. The third-order valence-electron chi connectivity index (χ3n) is 4.40. The summed E-state index contributed by atoms with van der Waals surface area (Å²) in [4.78, 5) is 11.9. The molecule has 2 aromatic carbocycles. The average Bonchev–Trinajstić information content (AvgIpc) is 3.15. The Balaban J connectivity index is 1.43. The molecule has 9 heteroatoms. The second-order valence-corrected chi connectivity index (χ2v) is 7.93. The van der Waals surface area contributed by atoms with Gasteiger partial charge in [0.25, 0.3) is 0 Å². The van der Waals surface area contributed by atoms with Crippen molar-refractivity contribution in [3.8, 4) is 11.5 Å². The molecule has 0 aliphatic heterocycles. The summed E-state index contributed by atoms with van der Waals surface area (Å²) in [6, 6.07) is 13.6. The minimum absolute atomic E-state index is 0.0743. The Hall–Kier alpha value is -3.46. The zero-order chi connectivity index (χ0) is 22.1. The van der Waals surface area contributed by atoms with Crippen LogP contribution in [0.3, 0.4) is 0 Å². The zero-order valence-electron chi connectivity index (χ0n) is 17.5. The van der Waals surface area contributed by atoms with E-state index >= 15 is 0 Å². The van der Waals surface area contributed by atoms with Crippen LogP contribution in [0.5, 0.6) is 11.5 Å². The van der Waals surface area contributed by atoms with E-state index in [2.05, 4.69) is 40.6 Å². The van der Waals surface area contributed by atoms with Gasteiger partial charge in [0.1, 0.15) is 16.5 Å². The van der Waals surface area contributed by atoms with Crippen molar-refractivity contribution in [2.24, 2.45) is 5.10 Å². The third kappa shape index (κ3) is 7.07. The smallest absolute Gasteiger partial charge is 0.247 e. The second-order valence-electron chi connectivity index (χ2n) is 6.84. The summed E-state index contributed by atoms with van der Waals surface area (Å²) in [5.41, 5.74) is 11.2. The van der Waals surface area contributed by atoms with E-state index in [1.165, 1.54) is 22.5 Å². The monoisotopic (exact) mass is 439 g/mol. The molecule has 3 aromatic rings. The molecule has 31 heavy (non-hydrogen) atoms. The quantitative estimate of drug-likeness (QED) is 0.285. The largest absolute Gasteiger partial charge is 0.493 e. The highest BCUT2D eigenvalue weighted by molar-refractivity contribution is 7.15. The maximum absolute atomic E-state index is 11.9. The Kier molecular flexibility index (Phi) is 7.94. The summed E-state index contributed by atoms with van der Waals surface area (Å²) in [5.74, 6) is 1.25. The van der Waals surface area contributed by atoms with Crippen molar-refractivity contribution in [3.63, 3.8) is 0 Å². The van der Waals surface area contributed by atoms with Crippen molar-refractivity contribution in [2.45, 2.75) is 26.7 Å². The van der Waals surface area contributed by atoms with Gasteiger partial charge in [-0.2, -0.15) is 5.10 Å². The van der Waals surface area contributed by atoms with E-state index in [4.69, 9.17) is 15.2 Å². The van der Waals surface area contributed by atoms with Crippen molar-refractivity contribution in [1.82, 2.24) is 15.6 Å². The molecule has 1 amide bonds. The molecule has 0 aliphatic rings. The fraction of sp³-hybridized carbons (Fsp3) is 0.273. The number of ether oxygens (including phenoxy) is 2. The third-order valence-corrected chi connectivity index (χ3v) is 5.15. The van der Waals surface area contributed by atoms with Gasteiger partial charge in [-0.15, -0.1) is 10.2 Å². The molecule has 162 valence electrons. The summed E-state index contributed by atoms with van der Waals surface area (Å²) in [7, 11) is 0. The fourth-order valence-electron chi connectivity index (χ4n) is 2.64. The van der Waals surface area contributed by atoms with Gasteiger partial charge in [-0.05, 0) is 49.2 Å². The number of hydrogen-bond acceptors (Lipinski definition) is 8. The van der Waals surface area contributed by atoms with Gasteiger partial charge in [-0.25, -0.2) is 5.43 Å². The Morgan fingerprint density at radius 3 is 2.71 bits per heavy atom. The number of hydrogen-bond donors (Lipinski definition) is 2. The molecule has 0 aliphatic carbocycles. The second kappa shape index (κ2) is 11.1. The number of nitrogen functional groups attached to an aromatic ring is 1. The molecule has 0 unspecified atom stereocenters. The van der Waals surface area contributed by atoms with Crippen molar-refractivity contribution in [3.05, 3.63) is 64.2 Å². The fourth-order valence-corrected chi connectivity index (χ4v) is 3.25. The van der Waals surface area contributed by atoms with Gasteiger partial charge >= 0.3 is 0 Å². The average molecular weight is 440 g/mol. The molecule has 0 atom stereocenters. The molecule has 0 fully saturated rings. The zero-order valence-corrected chi connectivity index (χ0v) is 18.3. The van der Waals surface area contributed by atoms with Crippen LogP contribution >= 0.6 is 11.3 Å². The lowest BCUT2D eigenvalue weighted by molar-refractivity contribution is -0.120. The van der Waals surface area contributed by atoms with Crippen LogP contribution in [-0.2, 0) is 11.2 Å². The van der Waals surface area contributed by atoms with Crippen LogP contribution in [0.2, 0.25) is 0 Å². The lowest BCUT2D eigenvalue weighted by atomic mass is 10.1. The van der Waals surface area contributed by atoms with E-state index in [1.807, 2.05) is 36.4 Å². The molecular weight excluding hydrogens is 414 g/mol. The van der Waals surface area contributed by atoms with Crippen LogP contribution < -0.4 is 20.6 Å². The predicted molar refractivity (Wildman–Crippen MR) is 122 cm³/mol. The Morgan fingerprint density at radius 2 is 1.94 bits per heavy atom. The van der Waals surface area contributed by atoms with E-state index in [-0.39, 0.29) is 12.3 Å². The van der Waals surface area contributed by atoms with E-state index in [0.29, 0.717) is 29.1 Å². The van der Waals surface area contributed by atoms with Crippen LogP contribution in [0, 0.1) is 13.8 Å². The maximum Gasteiger partial charge on any atom is 0.247 e. The SMILES string of the molecule is Cc1ccc(OCCCOc2ccccc2C=NNC(=O)Cc2nnc(N)s2)cc1C. The van der Waals surface area contributed by atoms with E-state index in [0.717, 1.165) is 17.7 Å². The van der Waals surface area contributed by atoms with Crippen LogP contribution in [0.1, 0.15) is 28.1 Å². The predicted octanol–water partition coefficient (Wildman–Crippen LogP) is 3.28. The number of hydrazone groups is 1. The molecule has 3 N–H and O–H groups in total. The number of amides is 1. The highest BCUT2D eigenvalue weighted by atomic mass is 32.1. The first-order valence-corrected chi connectivity index (χ1v) is 10.6. The van der Waals surface area contributed by atoms with Gasteiger partial charge in [0.2, 0.25) is 11.0 Å². The number of nitrogens with one attached hydrogen (secondary N) is 1. The molecule has 3 rings (SSSR count). The number of carbonyl (C=O) groups is 1. The van der Waals surface area contributed by atoms with E-state index in [1.54, 1.807) is 6.21 Å². The van der Waals surface area contributed by atoms with Gasteiger partial charge in [0.15, 0.2) is 0 Å². The number of nitrogens with two attached hydrogens (primary N) is 1. The molecule has 8 nitrogen and oxygen atoms in total. The number of nitrogens with zero attached hydrogens (tertiary/aromatic N) is 3. The highest BCUT2D eigenvalue weighted by Crippen LogP contribution is 2.18. The van der Waals surface area contributed by atoms with E-state index < -0.39 is 0 Å². The first kappa shape index (κ1) is 22.2. The topological polar surface area (TPSA) is 112 Å². The molecule has 1 aromatic heterocycles. The molecule has 0 saturated carbocycles. The summed E-state index contributed by atoms with van der Waals surface area (Å²) < 4.78 is 11.6. The van der Waals surface area contributed by atoms with Crippen LogP contribution in [0.25, 0.3) is 0 Å². The maximum atomic E-state index is 11.9. The lowest BCUT2D eigenvalue weighted by Crippen LogP contribution is -2.19.